The average Bonchev–Trinajstić information content (AvgIpc) is 2.59. The maximum absolute atomic E-state index is 11.2. The number of ketones is 1. The van der Waals surface area contributed by atoms with Crippen LogP contribution < -0.4 is 0 Å². The van der Waals surface area contributed by atoms with Gasteiger partial charge in [-0.15, -0.1) is 0 Å². The number of carbonyl (C=O) groups excluding carboxylic acids is 2. The van der Waals surface area contributed by atoms with E-state index in [0.717, 1.165) is 5.56 Å². The van der Waals surface area contributed by atoms with Gasteiger partial charge in [0, 0.05) is 0 Å². The van der Waals surface area contributed by atoms with Crippen LogP contribution in [0.2, 0.25) is 0 Å². The van der Waals surface area contributed by atoms with Crippen molar-refractivity contribution in [1.29, 1.82) is 0 Å². The van der Waals surface area contributed by atoms with Gasteiger partial charge >= 0.3 is 5.97 Å². The molecule has 2 rings (SSSR count). The lowest BCUT2D eigenvalue weighted by Crippen LogP contribution is -2.18. The Morgan fingerprint density at radius 2 is 1.94 bits per heavy atom. The van der Waals surface area contributed by atoms with E-state index in [1.54, 1.807) is 12.1 Å². The van der Waals surface area contributed by atoms with E-state index in [9.17, 15) is 9.59 Å². The Kier molecular flexibility index (Phi) is 2.76. The van der Waals surface area contributed by atoms with E-state index in [4.69, 9.17) is 0 Å². The fourth-order valence-electron chi connectivity index (χ4n) is 1.28. The normalized spacial score (nSPS) is 20.4. The molecule has 0 saturated carbocycles. The summed E-state index contributed by atoms with van der Waals surface area (Å²) in [6, 6.07) is 6.21. The van der Waals surface area contributed by atoms with Crippen LogP contribution in [0.25, 0.3) is 0 Å². The summed E-state index contributed by atoms with van der Waals surface area (Å²) >= 11 is 0. The molecule has 0 aromatic heterocycles. The Labute approximate surface area is 92.1 Å². The van der Waals surface area contributed by atoms with Crippen LogP contribution in [0.3, 0.4) is 0 Å². The fourth-order valence-corrected chi connectivity index (χ4v) is 1.28. The van der Waals surface area contributed by atoms with Gasteiger partial charge in [-0.3, -0.25) is 4.79 Å². The molecule has 0 spiro atoms. The van der Waals surface area contributed by atoms with Crippen LogP contribution in [0, 0.1) is 6.92 Å². The van der Waals surface area contributed by atoms with Crippen molar-refractivity contribution in [3.8, 4) is 0 Å². The van der Waals surface area contributed by atoms with Gasteiger partial charge in [0.25, 0.3) is 0 Å². The van der Waals surface area contributed by atoms with E-state index in [1.807, 2.05) is 19.1 Å². The summed E-state index contributed by atoms with van der Waals surface area (Å²) in [6.07, 6.45) is 0. The van der Waals surface area contributed by atoms with Crippen molar-refractivity contribution in [1.82, 2.24) is 0 Å². The number of hydrogen-bond donors (Lipinski definition) is 0. The molecule has 5 heteroatoms. The molecule has 1 aromatic rings. The first-order chi connectivity index (χ1) is 7.66. The minimum Gasteiger partial charge on any atom is -0.456 e. The number of azo groups is 1. The first kappa shape index (κ1) is 10.5. The molecule has 1 aliphatic rings. The second-order valence-electron chi connectivity index (χ2n) is 3.53. The summed E-state index contributed by atoms with van der Waals surface area (Å²) < 4.78 is 4.54. The molecule has 1 aliphatic heterocycles. The number of nitrogens with zero attached hydrogens (tertiary/aromatic N) is 2. The van der Waals surface area contributed by atoms with Gasteiger partial charge in [0.05, 0.1) is 5.69 Å². The number of esters is 1. The molecule has 1 atom stereocenters. The lowest BCUT2D eigenvalue weighted by molar-refractivity contribution is -0.139. The molecule has 0 N–H and O–H groups in total. The third-order valence-electron chi connectivity index (χ3n) is 2.21. The maximum atomic E-state index is 11.2. The van der Waals surface area contributed by atoms with Crippen molar-refractivity contribution in [3.63, 3.8) is 0 Å². The molecule has 1 saturated heterocycles. The molecule has 1 heterocycles. The summed E-state index contributed by atoms with van der Waals surface area (Å²) in [6.45, 7) is 1.76. The number of carbonyl (C=O) groups is 2. The predicted molar refractivity (Wildman–Crippen MR) is 55.4 cm³/mol. The van der Waals surface area contributed by atoms with Gasteiger partial charge in [-0.05, 0) is 19.1 Å². The topological polar surface area (TPSA) is 68.1 Å². The van der Waals surface area contributed by atoms with Crippen LogP contribution in [0.1, 0.15) is 5.56 Å². The monoisotopic (exact) mass is 218 g/mol. The van der Waals surface area contributed by atoms with Gasteiger partial charge < -0.3 is 4.74 Å². The molecular formula is C11H10N2O3. The molecule has 16 heavy (non-hydrogen) atoms. The van der Waals surface area contributed by atoms with Crippen molar-refractivity contribution >= 4 is 17.4 Å². The first-order valence-corrected chi connectivity index (χ1v) is 4.84. The van der Waals surface area contributed by atoms with E-state index in [2.05, 4.69) is 15.0 Å². The zero-order valence-electron chi connectivity index (χ0n) is 8.71. The van der Waals surface area contributed by atoms with Crippen molar-refractivity contribution in [3.05, 3.63) is 29.8 Å². The number of aryl methyl sites for hydroxylation is 1. The van der Waals surface area contributed by atoms with E-state index < -0.39 is 12.0 Å². The Bertz CT molecular complexity index is 435. The number of ether oxygens (including phenoxy) is 1. The van der Waals surface area contributed by atoms with Crippen LogP contribution >= 0.6 is 0 Å². The summed E-state index contributed by atoms with van der Waals surface area (Å²) in [4.78, 5) is 22.2. The molecule has 1 aromatic carbocycles. The third-order valence-corrected chi connectivity index (χ3v) is 2.21. The quantitative estimate of drug-likeness (QED) is 0.430. The van der Waals surface area contributed by atoms with Gasteiger partial charge in [0.15, 0.2) is 6.61 Å². The second-order valence-corrected chi connectivity index (χ2v) is 3.53. The molecule has 0 amide bonds. The SMILES string of the molecule is Cc1ccc(N=NC2C(=O)COC2=O)cc1. The van der Waals surface area contributed by atoms with Gasteiger partial charge in [-0.1, -0.05) is 17.7 Å². The van der Waals surface area contributed by atoms with Gasteiger partial charge in [-0.2, -0.15) is 10.2 Å². The number of benzene rings is 1. The Morgan fingerprint density at radius 1 is 1.25 bits per heavy atom. The van der Waals surface area contributed by atoms with Crippen molar-refractivity contribution in [2.24, 2.45) is 10.2 Å². The number of hydrogen-bond acceptors (Lipinski definition) is 5. The van der Waals surface area contributed by atoms with E-state index in [-0.39, 0.29) is 12.4 Å². The minimum absolute atomic E-state index is 0.198. The molecule has 1 unspecified atom stereocenters. The highest BCUT2D eigenvalue weighted by molar-refractivity contribution is 6.08. The van der Waals surface area contributed by atoms with Crippen molar-refractivity contribution in [2.45, 2.75) is 13.0 Å². The molecule has 82 valence electrons. The highest BCUT2D eigenvalue weighted by atomic mass is 16.5. The first-order valence-electron chi connectivity index (χ1n) is 4.84. The van der Waals surface area contributed by atoms with Crippen LogP contribution in [0.5, 0.6) is 0 Å². The largest absolute Gasteiger partial charge is 0.456 e. The van der Waals surface area contributed by atoms with Crippen LogP contribution in [0.15, 0.2) is 34.5 Å². The van der Waals surface area contributed by atoms with E-state index in [0.29, 0.717) is 5.69 Å². The third kappa shape index (κ3) is 2.13. The molecular weight excluding hydrogens is 208 g/mol. The lowest BCUT2D eigenvalue weighted by atomic mass is 10.2. The number of cyclic esters (lactones) is 1. The van der Waals surface area contributed by atoms with Crippen molar-refractivity contribution < 1.29 is 14.3 Å². The zero-order valence-corrected chi connectivity index (χ0v) is 8.71. The van der Waals surface area contributed by atoms with Crippen LogP contribution in [-0.4, -0.2) is 24.4 Å². The smallest absolute Gasteiger partial charge is 0.341 e. The van der Waals surface area contributed by atoms with Crippen LogP contribution in [0.4, 0.5) is 5.69 Å². The molecule has 5 nitrogen and oxygen atoms in total. The summed E-state index contributed by atoms with van der Waals surface area (Å²) in [5.74, 6) is -0.971. The summed E-state index contributed by atoms with van der Waals surface area (Å²) in [5.41, 5.74) is 1.72. The predicted octanol–water partition coefficient (Wildman–Crippen LogP) is 1.57. The summed E-state index contributed by atoms with van der Waals surface area (Å²) in [5, 5.41) is 7.52. The van der Waals surface area contributed by atoms with Crippen LogP contribution in [-0.2, 0) is 14.3 Å². The highest BCUT2D eigenvalue weighted by Crippen LogP contribution is 2.15. The van der Waals surface area contributed by atoms with Crippen molar-refractivity contribution in [2.75, 3.05) is 6.61 Å². The number of rotatable bonds is 2. The molecule has 1 fully saturated rings. The Balaban J connectivity index is 2.12. The van der Waals surface area contributed by atoms with E-state index >= 15 is 0 Å². The minimum atomic E-state index is -1.08. The number of Topliss-reactive ketones (excluding diaryl/α,β-unsaturated/α-hetero) is 1. The molecule has 0 radical (unpaired) electrons. The Hall–Kier alpha value is -2.04. The summed E-state index contributed by atoms with van der Waals surface area (Å²) in [7, 11) is 0. The lowest BCUT2D eigenvalue weighted by Gasteiger charge is -1.96. The van der Waals surface area contributed by atoms with E-state index in [1.165, 1.54) is 0 Å². The molecule has 0 aliphatic carbocycles. The van der Waals surface area contributed by atoms with Gasteiger partial charge in [-0.25, -0.2) is 4.79 Å². The zero-order chi connectivity index (χ0) is 11.5. The second kappa shape index (κ2) is 4.22. The molecule has 0 bridgehead atoms. The highest BCUT2D eigenvalue weighted by Gasteiger charge is 2.35. The Morgan fingerprint density at radius 3 is 2.50 bits per heavy atom. The van der Waals surface area contributed by atoms with Gasteiger partial charge in [0.2, 0.25) is 11.8 Å². The maximum Gasteiger partial charge on any atom is 0.341 e. The standard InChI is InChI=1S/C11H10N2O3/c1-7-2-4-8(5-3-7)12-13-10-9(14)6-16-11(10)15/h2-5,10H,6H2,1H3. The fraction of sp³-hybridized carbons (Fsp3) is 0.273. The van der Waals surface area contributed by atoms with Gasteiger partial charge in [0.1, 0.15) is 0 Å². The average molecular weight is 218 g/mol.